The quantitative estimate of drug-likeness (QED) is 0.853. The molecule has 0 amide bonds. The molecule has 0 saturated heterocycles. The van der Waals surface area contributed by atoms with Crippen LogP contribution in [0, 0.1) is 0 Å². The monoisotopic (exact) mass is 221 g/mol. The van der Waals surface area contributed by atoms with Crippen molar-refractivity contribution in [3.05, 3.63) is 28.8 Å². The average Bonchev–Trinajstić information content (AvgIpc) is 2.09. The van der Waals surface area contributed by atoms with Crippen molar-refractivity contribution >= 4 is 24.0 Å². The van der Waals surface area contributed by atoms with E-state index in [4.69, 9.17) is 22.1 Å². The zero-order chi connectivity index (χ0) is 8.97. The van der Waals surface area contributed by atoms with E-state index in [1.54, 1.807) is 0 Å². The van der Waals surface area contributed by atoms with Crippen LogP contribution in [0.2, 0.25) is 5.02 Å². The van der Waals surface area contributed by atoms with E-state index in [-0.39, 0.29) is 12.4 Å². The second-order valence-corrected chi connectivity index (χ2v) is 2.81. The van der Waals surface area contributed by atoms with Gasteiger partial charge < -0.3 is 10.5 Å². The zero-order valence-corrected chi connectivity index (χ0v) is 8.99. The first-order valence-electron chi connectivity index (χ1n) is 3.89. The van der Waals surface area contributed by atoms with Gasteiger partial charge in [0.1, 0.15) is 5.75 Å². The van der Waals surface area contributed by atoms with Gasteiger partial charge in [-0.2, -0.15) is 0 Å². The van der Waals surface area contributed by atoms with Crippen LogP contribution in [-0.4, -0.2) is 6.61 Å². The summed E-state index contributed by atoms with van der Waals surface area (Å²) in [5, 5.41) is 0.625. The normalized spacial score (nSPS) is 9.15. The van der Waals surface area contributed by atoms with Gasteiger partial charge in [0.25, 0.3) is 0 Å². The molecule has 0 aliphatic carbocycles. The largest absolute Gasteiger partial charge is 0.492 e. The lowest BCUT2D eigenvalue weighted by molar-refractivity contribution is 0.340. The Morgan fingerprint density at radius 3 is 2.62 bits per heavy atom. The Morgan fingerprint density at radius 2 is 2.15 bits per heavy atom. The first kappa shape index (κ1) is 12.6. The third-order valence-electron chi connectivity index (χ3n) is 1.53. The van der Waals surface area contributed by atoms with Crippen LogP contribution in [0.15, 0.2) is 18.2 Å². The van der Waals surface area contributed by atoms with E-state index >= 15 is 0 Å². The molecule has 4 heteroatoms. The second kappa shape index (κ2) is 6.08. The van der Waals surface area contributed by atoms with Crippen LogP contribution in [0.5, 0.6) is 5.75 Å². The Balaban J connectivity index is 0.00000144. The van der Waals surface area contributed by atoms with Gasteiger partial charge in [0.2, 0.25) is 0 Å². The van der Waals surface area contributed by atoms with Crippen LogP contribution in [0.3, 0.4) is 0 Å². The SMILES string of the molecule is CCOc1ccc(CN)cc1Cl.Cl. The van der Waals surface area contributed by atoms with Gasteiger partial charge in [-0.25, -0.2) is 0 Å². The molecule has 0 aliphatic heterocycles. The summed E-state index contributed by atoms with van der Waals surface area (Å²) in [6.45, 7) is 3.06. The summed E-state index contributed by atoms with van der Waals surface area (Å²) < 4.78 is 5.26. The molecule has 0 heterocycles. The number of ether oxygens (including phenoxy) is 1. The molecule has 2 N–H and O–H groups in total. The van der Waals surface area contributed by atoms with Crippen LogP contribution >= 0.6 is 24.0 Å². The Morgan fingerprint density at radius 1 is 1.46 bits per heavy atom. The average molecular weight is 222 g/mol. The molecule has 2 nitrogen and oxygen atoms in total. The Kier molecular flexibility index (Phi) is 5.88. The predicted octanol–water partition coefficient (Wildman–Crippen LogP) is 2.62. The third kappa shape index (κ3) is 3.43. The molecule has 0 unspecified atom stereocenters. The van der Waals surface area contributed by atoms with Gasteiger partial charge in [0.05, 0.1) is 11.6 Å². The van der Waals surface area contributed by atoms with E-state index < -0.39 is 0 Å². The molecule has 0 saturated carbocycles. The molecule has 0 aliphatic rings. The number of rotatable bonds is 3. The first-order valence-corrected chi connectivity index (χ1v) is 4.27. The minimum Gasteiger partial charge on any atom is -0.492 e. The van der Waals surface area contributed by atoms with E-state index in [9.17, 15) is 0 Å². The van der Waals surface area contributed by atoms with Crippen molar-refractivity contribution < 1.29 is 4.74 Å². The molecule has 0 bridgehead atoms. The molecule has 74 valence electrons. The van der Waals surface area contributed by atoms with Crippen molar-refractivity contribution in [2.75, 3.05) is 6.61 Å². The van der Waals surface area contributed by atoms with E-state index in [0.29, 0.717) is 18.2 Å². The standard InChI is InChI=1S/C9H12ClNO.ClH/c1-2-12-9-4-3-7(6-11)5-8(9)10;/h3-5H,2,6,11H2,1H3;1H. The fourth-order valence-electron chi connectivity index (χ4n) is 0.944. The van der Waals surface area contributed by atoms with Crippen LogP contribution in [0.1, 0.15) is 12.5 Å². The molecule has 0 radical (unpaired) electrons. The topological polar surface area (TPSA) is 35.2 Å². The van der Waals surface area contributed by atoms with Gasteiger partial charge in [-0.3, -0.25) is 0 Å². The summed E-state index contributed by atoms with van der Waals surface area (Å²) in [6, 6.07) is 5.58. The van der Waals surface area contributed by atoms with E-state index in [1.165, 1.54) is 0 Å². The van der Waals surface area contributed by atoms with Crippen molar-refractivity contribution in [2.45, 2.75) is 13.5 Å². The van der Waals surface area contributed by atoms with Crippen molar-refractivity contribution in [3.63, 3.8) is 0 Å². The Hall–Kier alpha value is -0.440. The van der Waals surface area contributed by atoms with E-state index in [0.717, 1.165) is 11.3 Å². The summed E-state index contributed by atoms with van der Waals surface area (Å²) in [7, 11) is 0. The van der Waals surface area contributed by atoms with Crippen LogP contribution < -0.4 is 10.5 Å². The first-order chi connectivity index (χ1) is 5.77. The fourth-order valence-corrected chi connectivity index (χ4v) is 1.20. The molecule has 13 heavy (non-hydrogen) atoms. The molecular formula is C9H13Cl2NO. The summed E-state index contributed by atoms with van der Waals surface area (Å²) in [4.78, 5) is 0. The number of nitrogens with two attached hydrogens (primary N) is 1. The van der Waals surface area contributed by atoms with Gasteiger partial charge in [-0.05, 0) is 24.6 Å². The van der Waals surface area contributed by atoms with Crippen LogP contribution in [0.4, 0.5) is 0 Å². The van der Waals surface area contributed by atoms with Crippen molar-refractivity contribution in [1.82, 2.24) is 0 Å². The fraction of sp³-hybridized carbons (Fsp3) is 0.333. The highest BCUT2D eigenvalue weighted by molar-refractivity contribution is 6.32. The minimum atomic E-state index is 0. The Labute approximate surface area is 89.4 Å². The smallest absolute Gasteiger partial charge is 0.137 e. The highest BCUT2D eigenvalue weighted by Gasteiger charge is 2.00. The van der Waals surface area contributed by atoms with Gasteiger partial charge in [0, 0.05) is 6.54 Å². The maximum absolute atomic E-state index is 5.91. The lowest BCUT2D eigenvalue weighted by Gasteiger charge is -2.06. The molecule has 0 aromatic heterocycles. The molecule has 0 atom stereocenters. The highest BCUT2D eigenvalue weighted by Crippen LogP contribution is 2.24. The molecular weight excluding hydrogens is 209 g/mol. The van der Waals surface area contributed by atoms with Crippen LogP contribution in [0.25, 0.3) is 0 Å². The molecule has 0 fully saturated rings. The number of halogens is 2. The van der Waals surface area contributed by atoms with Gasteiger partial charge in [-0.1, -0.05) is 17.7 Å². The number of hydrogen-bond acceptors (Lipinski definition) is 2. The second-order valence-electron chi connectivity index (χ2n) is 2.40. The van der Waals surface area contributed by atoms with Crippen molar-refractivity contribution in [2.24, 2.45) is 5.73 Å². The van der Waals surface area contributed by atoms with Gasteiger partial charge >= 0.3 is 0 Å². The maximum Gasteiger partial charge on any atom is 0.137 e. The summed E-state index contributed by atoms with van der Waals surface area (Å²) in [5.74, 6) is 0.719. The van der Waals surface area contributed by atoms with Crippen molar-refractivity contribution in [3.8, 4) is 5.75 Å². The van der Waals surface area contributed by atoms with Crippen molar-refractivity contribution in [1.29, 1.82) is 0 Å². The highest BCUT2D eigenvalue weighted by atomic mass is 35.5. The maximum atomic E-state index is 5.91. The van der Waals surface area contributed by atoms with Gasteiger partial charge in [-0.15, -0.1) is 12.4 Å². The number of hydrogen-bond donors (Lipinski definition) is 1. The molecule has 0 spiro atoms. The zero-order valence-electron chi connectivity index (χ0n) is 7.42. The lowest BCUT2D eigenvalue weighted by atomic mass is 10.2. The third-order valence-corrected chi connectivity index (χ3v) is 1.83. The lowest BCUT2D eigenvalue weighted by Crippen LogP contribution is -1.97. The van der Waals surface area contributed by atoms with Crippen LogP contribution in [-0.2, 0) is 6.54 Å². The molecule has 1 rings (SSSR count). The summed E-state index contributed by atoms with van der Waals surface area (Å²) in [6.07, 6.45) is 0. The summed E-state index contributed by atoms with van der Waals surface area (Å²) >= 11 is 5.91. The predicted molar refractivity (Wildman–Crippen MR) is 57.8 cm³/mol. The molecule has 1 aromatic carbocycles. The number of benzene rings is 1. The van der Waals surface area contributed by atoms with Gasteiger partial charge in [0.15, 0.2) is 0 Å². The van der Waals surface area contributed by atoms with E-state index in [2.05, 4.69) is 0 Å². The van der Waals surface area contributed by atoms with E-state index in [1.807, 2.05) is 25.1 Å². The Bertz CT molecular complexity index is 266. The minimum absolute atomic E-state index is 0. The summed E-state index contributed by atoms with van der Waals surface area (Å²) in [5.41, 5.74) is 6.46. The molecule has 1 aromatic rings.